The second-order valence-electron chi connectivity index (χ2n) is 5.90. The quantitative estimate of drug-likeness (QED) is 0.834. The fraction of sp³-hybridized carbons (Fsp3) is 0.467. The third kappa shape index (κ3) is 2.72. The summed E-state index contributed by atoms with van der Waals surface area (Å²) in [6, 6.07) is 5.41. The van der Waals surface area contributed by atoms with Gasteiger partial charge in [-0.2, -0.15) is 0 Å². The number of rotatable bonds is 2. The van der Waals surface area contributed by atoms with E-state index in [-0.39, 0.29) is 12.5 Å². The maximum absolute atomic E-state index is 12.6. The Hall–Kier alpha value is -1.89. The van der Waals surface area contributed by atoms with Crippen molar-refractivity contribution in [1.29, 1.82) is 0 Å². The van der Waals surface area contributed by atoms with Crippen molar-refractivity contribution in [2.24, 2.45) is 7.05 Å². The van der Waals surface area contributed by atoms with Gasteiger partial charge in [0.1, 0.15) is 0 Å². The third-order valence-electron chi connectivity index (χ3n) is 4.24. The molecule has 1 saturated heterocycles. The van der Waals surface area contributed by atoms with Crippen molar-refractivity contribution in [1.82, 2.24) is 14.5 Å². The Morgan fingerprint density at radius 2 is 2.14 bits per heavy atom. The first-order chi connectivity index (χ1) is 10.4. The monoisotopic (exact) mass is 321 g/mol. The third-order valence-corrected chi connectivity index (χ3v) is 5.84. The van der Waals surface area contributed by atoms with Gasteiger partial charge in [0, 0.05) is 32.0 Å². The summed E-state index contributed by atoms with van der Waals surface area (Å²) in [5.74, 6) is -0.124. The molecule has 7 heteroatoms. The van der Waals surface area contributed by atoms with E-state index in [4.69, 9.17) is 0 Å². The van der Waals surface area contributed by atoms with Crippen molar-refractivity contribution in [2.75, 3.05) is 19.3 Å². The van der Waals surface area contributed by atoms with E-state index >= 15 is 0 Å². The number of carbonyl (C=O) groups excluding carboxylic acids is 1. The minimum Gasteiger partial charge on any atom is -0.337 e. The molecule has 3 rings (SSSR count). The molecule has 0 saturated carbocycles. The number of piperidine rings is 1. The molecule has 0 radical (unpaired) electrons. The average Bonchev–Trinajstić information content (AvgIpc) is 2.87. The molecule has 1 fully saturated rings. The zero-order chi connectivity index (χ0) is 15.9. The van der Waals surface area contributed by atoms with Gasteiger partial charge in [0.2, 0.25) is 0 Å². The number of aromatic nitrogens is 2. The minimum absolute atomic E-state index is 0.124. The van der Waals surface area contributed by atoms with Crippen LogP contribution in [0.15, 0.2) is 24.5 Å². The molecule has 0 spiro atoms. The summed E-state index contributed by atoms with van der Waals surface area (Å²) in [6.07, 6.45) is 4.29. The van der Waals surface area contributed by atoms with Gasteiger partial charge in [-0.25, -0.2) is 13.4 Å². The smallest absolute Gasteiger partial charge is 0.253 e. The fourth-order valence-electron chi connectivity index (χ4n) is 2.92. The molecule has 1 atom stereocenters. The van der Waals surface area contributed by atoms with Crippen molar-refractivity contribution in [3.05, 3.63) is 30.1 Å². The molecule has 1 aromatic carbocycles. The minimum atomic E-state index is -3.12. The average molecular weight is 321 g/mol. The highest BCUT2D eigenvalue weighted by Gasteiger charge is 2.30. The number of aryl methyl sites for hydroxylation is 1. The normalized spacial score (nSPS) is 19.5. The molecule has 2 heterocycles. The second-order valence-corrected chi connectivity index (χ2v) is 8.23. The van der Waals surface area contributed by atoms with Gasteiger partial charge in [-0.05, 0) is 31.0 Å². The Morgan fingerprint density at radius 1 is 1.36 bits per heavy atom. The van der Waals surface area contributed by atoms with Crippen LogP contribution in [0.3, 0.4) is 0 Å². The van der Waals surface area contributed by atoms with Crippen LogP contribution in [0.4, 0.5) is 0 Å². The number of amides is 1. The number of hydrogen-bond donors (Lipinski definition) is 0. The van der Waals surface area contributed by atoms with Crippen LogP contribution in [0.1, 0.15) is 23.2 Å². The van der Waals surface area contributed by atoms with Crippen molar-refractivity contribution in [3.8, 4) is 0 Å². The van der Waals surface area contributed by atoms with Gasteiger partial charge in [0.15, 0.2) is 9.84 Å². The number of hydrogen-bond acceptors (Lipinski definition) is 4. The molecule has 0 aliphatic carbocycles. The molecule has 1 aromatic heterocycles. The van der Waals surface area contributed by atoms with Crippen LogP contribution >= 0.6 is 0 Å². The molecule has 118 valence electrons. The fourth-order valence-corrected chi connectivity index (χ4v) is 3.97. The van der Waals surface area contributed by atoms with E-state index in [1.807, 2.05) is 17.7 Å². The van der Waals surface area contributed by atoms with Crippen molar-refractivity contribution in [2.45, 2.75) is 18.1 Å². The Kier molecular flexibility index (Phi) is 3.68. The van der Waals surface area contributed by atoms with Crippen molar-refractivity contribution < 1.29 is 13.2 Å². The topological polar surface area (TPSA) is 72.3 Å². The van der Waals surface area contributed by atoms with E-state index in [0.717, 1.165) is 17.5 Å². The SMILES string of the molecule is Cn1cnc2cc(C(=O)N3CCCC(S(C)(=O)=O)C3)ccc21. The summed E-state index contributed by atoms with van der Waals surface area (Å²) in [5, 5.41) is -0.455. The lowest BCUT2D eigenvalue weighted by molar-refractivity contribution is 0.0727. The number of likely N-dealkylation sites (tertiary alicyclic amines) is 1. The van der Waals surface area contributed by atoms with Gasteiger partial charge >= 0.3 is 0 Å². The number of carbonyl (C=O) groups is 1. The highest BCUT2D eigenvalue weighted by Crippen LogP contribution is 2.20. The van der Waals surface area contributed by atoms with E-state index in [9.17, 15) is 13.2 Å². The molecule has 22 heavy (non-hydrogen) atoms. The van der Waals surface area contributed by atoms with Crippen LogP contribution in [0.2, 0.25) is 0 Å². The largest absolute Gasteiger partial charge is 0.337 e. The first-order valence-corrected chi connectivity index (χ1v) is 9.21. The molecular weight excluding hydrogens is 302 g/mol. The maximum Gasteiger partial charge on any atom is 0.253 e. The molecule has 1 amide bonds. The molecule has 0 bridgehead atoms. The van der Waals surface area contributed by atoms with E-state index in [1.165, 1.54) is 6.26 Å². The van der Waals surface area contributed by atoms with Gasteiger partial charge in [-0.15, -0.1) is 0 Å². The van der Waals surface area contributed by atoms with Crippen LogP contribution < -0.4 is 0 Å². The molecule has 2 aromatic rings. The zero-order valence-electron chi connectivity index (χ0n) is 12.7. The van der Waals surface area contributed by atoms with Gasteiger partial charge in [-0.3, -0.25) is 4.79 Å². The molecule has 1 aliphatic rings. The van der Waals surface area contributed by atoms with Gasteiger partial charge in [0.25, 0.3) is 5.91 Å². The molecule has 1 unspecified atom stereocenters. The lowest BCUT2D eigenvalue weighted by Crippen LogP contribution is -2.44. The molecule has 0 N–H and O–H groups in total. The Labute approximate surface area is 129 Å². The predicted octanol–water partition coefficient (Wildman–Crippen LogP) is 1.22. The van der Waals surface area contributed by atoms with E-state index < -0.39 is 15.1 Å². The van der Waals surface area contributed by atoms with Crippen molar-refractivity contribution >= 4 is 26.8 Å². The van der Waals surface area contributed by atoms with Gasteiger partial charge in [-0.1, -0.05) is 0 Å². The number of nitrogens with zero attached hydrogens (tertiary/aromatic N) is 3. The number of benzene rings is 1. The van der Waals surface area contributed by atoms with E-state index in [2.05, 4.69) is 4.98 Å². The summed E-state index contributed by atoms with van der Waals surface area (Å²) in [7, 11) is -1.21. The van der Waals surface area contributed by atoms with Gasteiger partial charge in [0.05, 0.1) is 22.6 Å². The summed E-state index contributed by atoms with van der Waals surface area (Å²) in [5.41, 5.74) is 2.29. The first kappa shape index (κ1) is 15.0. The number of sulfone groups is 1. The van der Waals surface area contributed by atoms with Gasteiger partial charge < -0.3 is 9.47 Å². The standard InChI is InChI=1S/C15H19N3O3S/c1-17-10-16-13-8-11(5-6-14(13)17)15(19)18-7-3-4-12(9-18)22(2,20)21/h5-6,8,10,12H,3-4,7,9H2,1-2H3. The molecular formula is C15H19N3O3S. The predicted molar refractivity (Wildman–Crippen MR) is 84.5 cm³/mol. The number of fused-ring (bicyclic) bond motifs is 1. The zero-order valence-corrected chi connectivity index (χ0v) is 13.5. The molecule has 1 aliphatic heterocycles. The van der Waals surface area contributed by atoms with Crippen LogP contribution in [0, 0.1) is 0 Å². The van der Waals surface area contributed by atoms with Crippen LogP contribution in [0.25, 0.3) is 11.0 Å². The summed E-state index contributed by atoms with van der Waals surface area (Å²) in [4.78, 5) is 18.5. The number of imidazole rings is 1. The van der Waals surface area contributed by atoms with Crippen molar-refractivity contribution in [3.63, 3.8) is 0 Å². The highest BCUT2D eigenvalue weighted by atomic mass is 32.2. The summed E-state index contributed by atoms with van der Waals surface area (Å²) in [6.45, 7) is 0.878. The van der Waals surface area contributed by atoms with Crippen LogP contribution in [-0.2, 0) is 16.9 Å². The Morgan fingerprint density at radius 3 is 2.86 bits per heavy atom. The van der Waals surface area contributed by atoms with Crippen LogP contribution in [0.5, 0.6) is 0 Å². The lowest BCUT2D eigenvalue weighted by Gasteiger charge is -2.31. The summed E-state index contributed by atoms with van der Waals surface area (Å²) < 4.78 is 25.3. The lowest BCUT2D eigenvalue weighted by atomic mass is 10.1. The molecule has 6 nitrogen and oxygen atoms in total. The highest BCUT2D eigenvalue weighted by molar-refractivity contribution is 7.91. The summed E-state index contributed by atoms with van der Waals surface area (Å²) >= 11 is 0. The Bertz CT molecular complexity index is 826. The van der Waals surface area contributed by atoms with E-state index in [0.29, 0.717) is 18.5 Å². The van der Waals surface area contributed by atoms with E-state index in [1.54, 1.807) is 23.4 Å². The Balaban J connectivity index is 1.85. The second kappa shape index (κ2) is 5.39. The van der Waals surface area contributed by atoms with Crippen LogP contribution in [-0.4, -0.2) is 53.4 Å². The first-order valence-electron chi connectivity index (χ1n) is 7.25. The maximum atomic E-state index is 12.6.